The highest BCUT2D eigenvalue weighted by atomic mass is 16.6. The molecule has 96 valence electrons. The zero-order valence-electron chi connectivity index (χ0n) is 10.6. The van der Waals surface area contributed by atoms with Crippen molar-refractivity contribution in [2.24, 2.45) is 0 Å². The zero-order valence-corrected chi connectivity index (χ0v) is 10.6. The van der Waals surface area contributed by atoms with E-state index >= 15 is 0 Å². The Bertz CT molecular complexity index is 428. The molecule has 0 radical (unpaired) electrons. The van der Waals surface area contributed by atoms with Crippen molar-refractivity contribution in [2.75, 3.05) is 26.7 Å². The van der Waals surface area contributed by atoms with E-state index in [2.05, 4.69) is 11.0 Å². The molecular formula is C14H18N2O2. The Morgan fingerprint density at radius 3 is 2.94 bits per heavy atom. The molecule has 0 N–H and O–H groups in total. The standard InChI is InChI=1S/C14H18N2O2/c1-16(9-5-4-8-15)10-12-11-17-13-6-2-3-7-14(13)18-12/h2-3,6-7,12H,4-5,9-11H2,1H3/t12-/m1/s1. The largest absolute Gasteiger partial charge is 0.486 e. The lowest BCUT2D eigenvalue weighted by molar-refractivity contribution is 0.0653. The Morgan fingerprint density at radius 2 is 2.17 bits per heavy atom. The Hall–Kier alpha value is -1.73. The first-order valence-electron chi connectivity index (χ1n) is 6.23. The third kappa shape index (κ3) is 3.38. The quantitative estimate of drug-likeness (QED) is 0.746. The maximum absolute atomic E-state index is 8.50. The highest BCUT2D eigenvalue weighted by molar-refractivity contribution is 5.40. The molecule has 0 fully saturated rings. The van der Waals surface area contributed by atoms with E-state index in [1.165, 1.54) is 0 Å². The zero-order chi connectivity index (χ0) is 12.8. The summed E-state index contributed by atoms with van der Waals surface area (Å²) in [7, 11) is 2.04. The minimum Gasteiger partial charge on any atom is -0.486 e. The smallest absolute Gasteiger partial charge is 0.161 e. The molecule has 4 heteroatoms. The van der Waals surface area contributed by atoms with Gasteiger partial charge in [0.05, 0.1) is 6.07 Å². The van der Waals surface area contributed by atoms with Crippen LogP contribution in [-0.4, -0.2) is 37.7 Å². The minimum absolute atomic E-state index is 0.0620. The van der Waals surface area contributed by atoms with Crippen LogP contribution in [0.15, 0.2) is 24.3 Å². The van der Waals surface area contributed by atoms with Crippen LogP contribution < -0.4 is 9.47 Å². The summed E-state index contributed by atoms with van der Waals surface area (Å²) in [5.41, 5.74) is 0. The lowest BCUT2D eigenvalue weighted by Crippen LogP contribution is -2.39. The minimum atomic E-state index is 0.0620. The van der Waals surface area contributed by atoms with E-state index in [0.29, 0.717) is 13.0 Å². The summed E-state index contributed by atoms with van der Waals surface area (Å²) < 4.78 is 11.5. The summed E-state index contributed by atoms with van der Waals surface area (Å²) in [6.45, 7) is 2.31. The Labute approximate surface area is 108 Å². The molecule has 1 heterocycles. The second-order valence-corrected chi connectivity index (χ2v) is 4.52. The van der Waals surface area contributed by atoms with Gasteiger partial charge in [-0.25, -0.2) is 0 Å². The maximum atomic E-state index is 8.50. The van der Waals surface area contributed by atoms with Crippen LogP contribution in [0.2, 0.25) is 0 Å². The second kappa shape index (κ2) is 6.27. The van der Waals surface area contributed by atoms with Crippen LogP contribution in [0.25, 0.3) is 0 Å². The summed E-state index contributed by atoms with van der Waals surface area (Å²) in [5, 5.41) is 8.50. The molecule has 0 bridgehead atoms. The van der Waals surface area contributed by atoms with Gasteiger partial charge in [0.25, 0.3) is 0 Å². The van der Waals surface area contributed by atoms with Crippen molar-refractivity contribution < 1.29 is 9.47 Å². The molecule has 1 aromatic rings. The number of fused-ring (bicyclic) bond motifs is 1. The highest BCUT2D eigenvalue weighted by Crippen LogP contribution is 2.30. The molecule has 4 nitrogen and oxygen atoms in total. The summed E-state index contributed by atoms with van der Waals surface area (Å²) in [6.07, 6.45) is 1.57. The van der Waals surface area contributed by atoms with E-state index in [9.17, 15) is 0 Å². The number of unbranched alkanes of at least 4 members (excludes halogenated alkanes) is 1. The highest BCUT2D eigenvalue weighted by Gasteiger charge is 2.21. The number of rotatable bonds is 5. The average Bonchev–Trinajstić information content (AvgIpc) is 2.39. The third-order valence-electron chi connectivity index (χ3n) is 2.91. The van der Waals surface area contributed by atoms with Crippen LogP contribution in [0.5, 0.6) is 11.5 Å². The van der Waals surface area contributed by atoms with Crippen molar-refractivity contribution in [3.63, 3.8) is 0 Å². The number of nitrogens with zero attached hydrogens (tertiary/aromatic N) is 2. The van der Waals surface area contributed by atoms with Crippen LogP contribution in [0.4, 0.5) is 0 Å². The van der Waals surface area contributed by atoms with Gasteiger partial charge in [0.1, 0.15) is 12.7 Å². The van der Waals surface area contributed by atoms with E-state index in [4.69, 9.17) is 14.7 Å². The molecule has 0 saturated carbocycles. The fourth-order valence-corrected chi connectivity index (χ4v) is 2.02. The van der Waals surface area contributed by atoms with E-state index in [0.717, 1.165) is 31.0 Å². The van der Waals surface area contributed by atoms with Crippen LogP contribution >= 0.6 is 0 Å². The number of hydrogen-bond donors (Lipinski definition) is 0. The second-order valence-electron chi connectivity index (χ2n) is 4.52. The number of benzene rings is 1. The van der Waals surface area contributed by atoms with Crippen molar-refractivity contribution in [3.05, 3.63) is 24.3 Å². The fourth-order valence-electron chi connectivity index (χ4n) is 2.02. The van der Waals surface area contributed by atoms with Crippen molar-refractivity contribution in [1.82, 2.24) is 4.90 Å². The number of likely N-dealkylation sites (N-methyl/N-ethyl adjacent to an activating group) is 1. The summed E-state index contributed by atoms with van der Waals surface area (Å²) in [4.78, 5) is 2.18. The number of hydrogen-bond acceptors (Lipinski definition) is 4. The normalized spacial score (nSPS) is 17.5. The van der Waals surface area contributed by atoms with Crippen molar-refractivity contribution in [1.29, 1.82) is 5.26 Å². The molecule has 0 amide bonds. The van der Waals surface area contributed by atoms with E-state index in [1.807, 2.05) is 31.3 Å². The molecule has 1 aromatic carbocycles. The van der Waals surface area contributed by atoms with Gasteiger partial charge in [-0.1, -0.05) is 12.1 Å². The Balaban J connectivity index is 1.81. The summed E-state index contributed by atoms with van der Waals surface area (Å²) in [6, 6.07) is 9.89. The number of nitriles is 1. The van der Waals surface area contributed by atoms with E-state index < -0.39 is 0 Å². The number of ether oxygens (including phenoxy) is 2. The Kier molecular flexibility index (Phi) is 4.43. The van der Waals surface area contributed by atoms with Crippen molar-refractivity contribution in [3.8, 4) is 17.6 Å². The SMILES string of the molecule is CN(CCCC#N)C[C@@H]1COc2ccccc2O1. The van der Waals surface area contributed by atoms with Gasteiger partial charge in [0.2, 0.25) is 0 Å². The first-order chi connectivity index (χ1) is 8.79. The molecule has 0 aromatic heterocycles. The molecule has 0 saturated heterocycles. The molecule has 1 aliphatic rings. The molecule has 0 spiro atoms. The topological polar surface area (TPSA) is 45.5 Å². The Morgan fingerprint density at radius 1 is 1.39 bits per heavy atom. The maximum Gasteiger partial charge on any atom is 0.161 e. The van der Waals surface area contributed by atoms with Crippen LogP contribution in [0.3, 0.4) is 0 Å². The predicted molar refractivity (Wildman–Crippen MR) is 68.7 cm³/mol. The van der Waals surface area contributed by atoms with Gasteiger partial charge in [-0.2, -0.15) is 5.26 Å². The van der Waals surface area contributed by atoms with E-state index in [-0.39, 0.29) is 6.10 Å². The van der Waals surface area contributed by atoms with Gasteiger partial charge in [-0.05, 0) is 32.1 Å². The molecule has 0 aliphatic carbocycles. The monoisotopic (exact) mass is 246 g/mol. The van der Waals surface area contributed by atoms with Gasteiger partial charge in [0, 0.05) is 13.0 Å². The lowest BCUT2D eigenvalue weighted by Gasteiger charge is -2.29. The molecule has 2 rings (SSSR count). The predicted octanol–water partition coefficient (Wildman–Crippen LogP) is 2.06. The van der Waals surface area contributed by atoms with Crippen molar-refractivity contribution >= 4 is 0 Å². The van der Waals surface area contributed by atoms with Gasteiger partial charge < -0.3 is 14.4 Å². The summed E-state index contributed by atoms with van der Waals surface area (Å²) >= 11 is 0. The van der Waals surface area contributed by atoms with Gasteiger partial charge in [0.15, 0.2) is 11.5 Å². The van der Waals surface area contributed by atoms with Gasteiger partial charge in [-0.3, -0.25) is 0 Å². The van der Waals surface area contributed by atoms with E-state index in [1.54, 1.807) is 0 Å². The average molecular weight is 246 g/mol. The molecular weight excluding hydrogens is 228 g/mol. The van der Waals surface area contributed by atoms with Crippen molar-refractivity contribution in [2.45, 2.75) is 18.9 Å². The molecule has 1 atom stereocenters. The molecule has 1 aliphatic heterocycles. The first-order valence-corrected chi connectivity index (χ1v) is 6.23. The lowest BCUT2D eigenvalue weighted by atomic mass is 10.2. The van der Waals surface area contributed by atoms with Crippen LogP contribution in [0, 0.1) is 11.3 Å². The number of para-hydroxylation sites is 2. The molecule has 0 unspecified atom stereocenters. The fraction of sp³-hybridized carbons (Fsp3) is 0.500. The molecule has 18 heavy (non-hydrogen) atoms. The first kappa shape index (κ1) is 12.7. The summed E-state index contributed by atoms with van der Waals surface area (Å²) in [5.74, 6) is 1.64. The van der Waals surface area contributed by atoms with Crippen LogP contribution in [-0.2, 0) is 0 Å². The third-order valence-corrected chi connectivity index (χ3v) is 2.91. The van der Waals surface area contributed by atoms with Gasteiger partial charge >= 0.3 is 0 Å². The van der Waals surface area contributed by atoms with Gasteiger partial charge in [-0.15, -0.1) is 0 Å². The van der Waals surface area contributed by atoms with Crippen LogP contribution in [0.1, 0.15) is 12.8 Å².